The van der Waals surface area contributed by atoms with Crippen molar-refractivity contribution in [1.29, 1.82) is 0 Å². The molecule has 1 aliphatic heterocycles. The lowest BCUT2D eigenvalue weighted by Gasteiger charge is -2.42. The lowest BCUT2D eigenvalue weighted by atomic mass is 9.73. The van der Waals surface area contributed by atoms with Gasteiger partial charge in [0, 0.05) is 33.8 Å². The van der Waals surface area contributed by atoms with E-state index >= 15 is 0 Å². The molecule has 47 heavy (non-hydrogen) atoms. The van der Waals surface area contributed by atoms with Crippen LogP contribution in [-0.2, 0) is 5.41 Å². The molecule has 224 valence electrons. The molecule has 3 aromatic heterocycles. The third-order valence-corrected chi connectivity index (χ3v) is 9.27. The van der Waals surface area contributed by atoms with Gasteiger partial charge in [-0.05, 0) is 41.5 Å². The molecule has 9 rings (SSSR count). The summed E-state index contributed by atoms with van der Waals surface area (Å²) < 4.78 is 2.19. The summed E-state index contributed by atoms with van der Waals surface area (Å²) in [6.07, 6.45) is 1.86. The molecule has 0 aliphatic carbocycles. The van der Waals surface area contributed by atoms with Crippen molar-refractivity contribution in [3.05, 3.63) is 157 Å². The van der Waals surface area contributed by atoms with Crippen molar-refractivity contribution in [2.75, 3.05) is 4.90 Å². The van der Waals surface area contributed by atoms with Gasteiger partial charge in [-0.3, -0.25) is 9.55 Å². The first-order valence-corrected chi connectivity index (χ1v) is 15.8. The van der Waals surface area contributed by atoms with Crippen molar-refractivity contribution in [2.24, 2.45) is 0 Å². The van der Waals surface area contributed by atoms with Gasteiger partial charge >= 0.3 is 0 Å². The summed E-state index contributed by atoms with van der Waals surface area (Å²) in [6, 6.07) is 48.1. The second kappa shape index (κ2) is 10.5. The molecule has 0 spiro atoms. The van der Waals surface area contributed by atoms with Gasteiger partial charge in [0.2, 0.25) is 5.95 Å². The van der Waals surface area contributed by atoms with Crippen molar-refractivity contribution < 1.29 is 0 Å². The highest BCUT2D eigenvalue weighted by Gasteiger charge is 2.39. The number of hydrogen-bond donors (Lipinski definition) is 0. The predicted molar refractivity (Wildman–Crippen MR) is 190 cm³/mol. The Balaban J connectivity index is 1.44. The van der Waals surface area contributed by atoms with Gasteiger partial charge in [0.25, 0.3) is 0 Å². The van der Waals surface area contributed by atoms with Crippen molar-refractivity contribution in [3.8, 4) is 28.7 Å². The molecule has 0 N–H and O–H groups in total. The average Bonchev–Trinajstić information content (AvgIpc) is 3.48. The van der Waals surface area contributed by atoms with E-state index in [-0.39, 0.29) is 5.41 Å². The number of anilines is 3. The molecular weight excluding hydrogens is 576 g/mol. The normalized spacial score (nSPS) is 13.4. The highest BCUT2D eigenvalue weighted by Crippen LogP contribution is 2.55. The molecule has 6 nitrogen and oxygen atoms in total. The maximum atomic E-state index is 5.19. The Hall–Kier alpha value is -6.14. The molecule has 1 aliphatic rings. The first-order valence-electron chi connectivity index (χ1n) is 15.8. The minimum Gasteiger partial charge on any atom is -0.308 e. The van der Waals surface area contributed by atoms with E-state index in [2.05, 4.69) is 96.1 Å². The Labute approximate surface area is 272 Å². The van der Waals surface area contributed by atoms with E-state index in [0.29, 0.717) is 17.6 Å². The van der Waals surface area contributed by atoms with E-state index in [4.69, 9.17) is 19.9 Å². The second-order valence-electron chi connectivity index (χ2n) is 12.4. The molecule has 4 heterocycles. The summed E-state index contributed by atoms with van der Waals surface area (Å²) in [5.74, 6) is 1.77. The smallest absolute Gasteiger partial charge is 0.238 e. The van der Waals surface area contributed by atoms with Crippen molar-refractivity contribution in [1.82, 2.24) is 24.5 Å². The molecular formula is C41H30N6. The fourth-order valence-electron chi connectivity index (χ4n) is 7.05. The molecule has 8 aromatic rings. The SMILES string of the molecule is CC1(C)c2ccccc2N(c2ccccc2)c2c1ccc1c3ncccc3n(-c3nc(-c4ccccc4)nc(-c4ccccc4)n3)c21. The first-order chi connectivity index (χ1) is 23.1. The zero-order valence-corrected chi connectivity index (χ0v) is 26.0. The molecule has 0 unspecified atom stereocenters. The Bertz CT molecular complexity index is 2380. The van der Waals surface area contributed by atoms with Crippen LogP contribution in [0.1, 0.15) is 25.0 Å². The number of pyridine rings is 1. The lowest BCUT2D eigenvalue weighted by molar-refractivity contribution is 0.632. The summed E-state index contributed by atoms with van der Waals surface area (Å²) in [6.45, 7) is 4.63. The van der Waals surface area contributed by atoms with E-state index < -0.39 is 0 Å². The van der Waals surface area contributed by atoms with Crippen LogP contribution in [-0.4, -0.2) is 24.5 Å². The Kier molecular flexibility index (Phi) is 6.05. The zero-order valence-electron chi connectivity index (χ0n) is 26.0. The molecule has 0 amide bonds. The van der Waals surface area contributed by atoms with Crippen LogP contribution in [0.15, 0.2) is 146 Å². The fraction of sp³-hybridized carbons (Fsp3) is 0.0732. The molecule has 0 atom stereocenters. The van der Waals surface area contributed by atoms with Gasteiger partial charge in [-0.25, -0.2) is 4.98 Å². The standard InChI is InChI=1S/C41H30N6/c1-41(2)31-21-12-13-22-33(31)46(29-19-10-5-11-20-29)37-32(41)25-24-30-35-34(23-14-26-42-35)47(36(30)37)40-44-38(27-15-6-3-7-16-27)43-39(45-40)28-17-8-4-9-18-28/h3-26H,1-2H3. The third-order valence-electron chi connectivity index (χ3n) is 9.27. The largest absolute Gasteiger partial charge is 0.308 e. The number of aromatic nitrogens is 5. The molecule has 0 saturated heterocycles. The molecule has 0 fully saturated rings. The maximum absolute atomic E-state index is 5.19. The summed E-state index contributed by atoms with van der Waals surface area (Å²) in [5, 5.41) is 1.04. The van der Waals surface area contributed by atoms with Crippen LogP contribution in [0, 0.1) is 0 Å². The van der Waals surface area contributed by atoms with Gasteiger partial charge in [0.1, 0.15) is 0 Å². The van der Waals surface area contributed by atoms with E-state index in [9.17, 15) is 0 Å². The van der Waals surface area contributed by atoms with Crippen LogP contribution < -0.4 is 4.90 Å². The number of nitrogens with zero attached hydrogens (tertiary/aromatic N) is 6. The molecule has 6 heteroatoms. The number of rotatable bonds is 4. The summed E-state index contributed by atoms with van der Waals surface area (Å²) in [5.41, 5.74) is 10.2. The number of fused-ring (bicyclic) bond motifs is 6. The highest BCUT2D eigenvalue weighted by atomic mass is 15.2. The average molecular weight is 607 g/mol. The van der Waals surface area contributed by atoms with Gasteiger partial charge in [-0.1, -0.05) is 123 Å². The molecule has 0 saturated carbocycles. The van der Waals surface area contributed by atoms with Crippen LogP contribution in [0.2, 0.25) is 0 Å². The minimum atomic E-state index is -0.274. The topological polar surface area (TPSA) is 59.7 Å². The zero-order chi connectivity index (χ0) is 31.5. The quantitative estimate of drug-likeness (QED) is 0.200. The summed E-state index contributed by atoms with van der Waals surface area (Å²) in [4.78, 5) is 22.7. The van der Waals surface area contributed by atoms with Crippen LogP contribution in [0.25, 0.3) is 50.7 Å². The predicted octanol–water partition coefficient (Wildman–Crippen LogP) is 9.81. The van der Waals surface area contributed by atoms with Gasteiger partial charge in [0.05, 0.1) is 27.9 Å². The van der Waals surface area contributed by atoms with Gasteiger partial charge in [-0.15, -0.1) is 0 Å². The van der Waals surface area contributed by atoms with Crippen molar-refractivity contribution >= 4 is 39.0 Å². The van der Waals surface area contributed by atoms with Gasteiger partial charge in [-0.2, -0.15) is 9.97 Å². The lowest BCUT2D eigenvalue weighted by Crippen LogP contribution is -2.31. The number of para-hydroxylation sites is 2. The van der Waals surface area contributed by atoms with Gasteiger partial charge < -0.3 is 4.90 Å². The Morgan fingerprint density at radius 1 is 0.553 bits per heavy atom. The van der Waals surface area contributed by atoms with Crippen LogP contribution in [0.3, 0.4) is 0 Å². The molecule has 5 aromatic carbocycles. The highest BCUT2D eigenvalue weighted by molar-refractivity contribution is 6.14. The van der Waals surface area contributed by atoms with E-state index in [1.165, 1.54) is 11.1 Å². The Morgan fingerprint density at radius 2 is 1.17 bits per heavy atom. The number of hydrogen-bond acceptors (Lipinski definition) is 5. The number of benzene rings is 5. The van der Waals surface area contributed by atoms with Crippen LogP contribution in [0.4, 0.5) is 17.1 Å². The monoisotopic (exact) mass is 606 g/mol. The van der Waals surface area contributed by atoms with Crippen LogP contribution in [0.5, 0.6) is 0 Å². The Morgan fingerprint density at radius 3 is 1.85 bits per heavy atom. The summed E-state index contributed by atoms with van der Waals surface area (Å²) in [7, 11) is 0. The fourth-order valence-corrected chi connectivity index (χ4v) is 7.05. The van der Waals surface area contributed by atoms with Crippen molar-refractivity contribution in [3.63, 3.8) is 0 Å². The third kappa shape index (κ3) is 4.18. The second-order valence-corrected chi connectivity index (χ2v) is 12.4. The molecule has 0 radical (unpaired) electrons. The van der Waals surface area contributed by atoms with E-state index in [1.807, 2.05) is 72.9 Å². The van der Waals surface area contributed by atoms with Crippen molar-refractivity contribution in [2.45, 2.75) is 19.3 Å². The molecule has 0 bridgehead atoms. The van der Waals surface area contributed by atoms with E-state index in [1.54, 1.807) is 0 Å². The minimum absolute atomic E-state index is 0.274. The first kappa shape index (κ1) is 27.2. The van der Waals surface area contributed by atoms with E-state index in [0.717, 1.165) is 50.1 Å². The summed E-state index contributed by atoms with van der Waals surface area (Å²) >= 11 is 0. The van der Waals surface area contributed by atoms with Gasteiger partial charge in [0.15, 0.2) is 11.6 Å². The maximum Gasteiger partial charge on any atom is 0.238 e. The van der Waals surface area contributed by atoms with Crippen LogP contribution >= 0.6 is 0 Å².